The molecule has 1 amide bonds. The van der Waals surface area contributed by atoms with E-state index < -0.39 is 11.9 Å². The minimum Gasteiger partial charge on any atom is -0.490 e. The summed E-state index contributed by atoms with van der Waals surface area (Å²) in [5, 5.41) is 11.9. The number of benzene rings is 2. The van der Waals surface area contributed by atoms with E-state index in [-0.39, 0.29) is 16.7 Å². The van der Waals surface area contributed by atoms with Gasteiger partial charge < -0.3 is 19.9 Å². The number of nitrogens with one attached hydrogen (secondary N) is 1. The molecular formula is C19H20ClNO5. The number of carbonyl (C=O) groups is 2. The summed E-state index contributed by atoms with van der Waals surface area (Å²) in [6, 6.07) is 8.92. The molecule has 0 heterocycles. The van der Waals surface area contributed by atoms with Crippen LogP contribution < -0.4 is 14.8 Å². The van der Waals surface area contributed by atoms with E-state index in [9.17, 15) is 9.59 Å². The molecule has 0 aliphatic carbocycles. The van der Waals surface area contributed by atoms with Gasteiger partial charge in [0.15, 0.2) is 11.5 Å². The van der Waals surface area contributed by atoms with Crippen LogP contribution in [0.3, 0.4) is 0 Å². The van der Waals surface area contributed by atoms with E-state index in [1.807, 2.05) is 20.8 Å². The fourth-order valence-corrected chi connectivity index (χ4v) is 2.47. The van der Waals surface area contributed by atoms with E-state index >= 15 is 0 Å². The summed E-state index contributed by atoms with van der Waals surface area (Å²) in [5.74, 6) is -0.644. The van der Waals surface area contributed by atoms with Gasteiger partial charge in [0, 0.05) is 11.3 Å². The molecule has 0 fully saturated rings. The van der Waals surface area contributed by atoms with Gasteiger partial charge in [0.25, 0.3) is 5.91 Å². The van der Waals surface area contributed by atoms with Crippen LogP contribution in [-0.4, -0.2) is 29.7 Å². The maximum absolute atomic E-state index is 12.5. The Morgan fingerprint density at radius 3 is 2.35 bits per heavy atom. The van der Waals surface area contributed by atoms with Crippen LogP contribution in [0.1, 0.15) is 41.5 Å². The molecule has 0 radical (unpaired) electrons. The molecular weight excluding hydrogens is 358 g/mol. The number of anilines is 1. The average Bonchev–Trinajstić information content (AvgIpc) is 2.58. The van der Waals surface area contributed by atoms with Crippen molar-refractivity contribution in [3.63, 3.8) is 0 Å². The Morgan fingerprint density at radius 1 is 1.15 bits per heavy atom. The number of halogens is 1. The quantitative estimate of drug-likeness (QED) is 0.743. The highest BCUT2D eigenvalue weighted by atomic mass is 35.5. The van der Waals surface area contributed by atoms with Gasteiger partial charge in [-0.05, 0) is 57.2 Å². The van der Waals surface area contributed by atoms with Gasteiger partial charge >= 0.3 is 5.97 Å². The average molecular weight is 378 g/mol. The van der Waals surface area contributed by atoms with E-state index in [2.05, 4.69) is 5.32 Å². The zero-order valence-corrected chi connectivity index (χ0v) is 15.5. The van der Waals surface area contributed by atoms with Crippen LogP contribution in [0.5, 0.6) is 11.5 Å². The highest BCUT2D eigenvalue weighted by Crippen LogP contribution is 2.37. The van der Waals surface area contributed by atoms with Crippen molar-refractivity contribution >= 4 is 29.2 Å². The van der Waals surface area contributed by atoms with E-state index in [4.69, 9.17) is 26.2 Å². The van der Waals surface area contributed by atoms with E-state index in [1.165, 1.54) is 30.3 Å². The molecule has 6 nitrogen and oxygen atoms in total. The minimum absolute atomic E-state index is 0.0980. The minimum atomic E-state index is -1.03. The molecule has 0 saturated heterocycles. The number of aromatic carboxylic acids is 1. The number of hydrogen-bond acceptors (Lipinski definition) is 4. The van der Waals surface area contributed by atoms with Crippen molar-refractivity contribution in [1.29, 1.82) is 0 Å². The molecule has 2 aromatic rings. The molecule has 7 heteroatoms. The number of carboxylic acid groups (broad SMARTS) is 1. The summed E-state index contributed by atoms with van der Waals surface area (Å²) >= 11 is 6.27. The predicted molar refractivity (Wildman–Crippen MR) is 99.7 cm³/mol. The fraction of sp³-hybridized carbons (Fsp3) is 0.263. The SMILES string of the molecule is CCOc1cc(C(=O)Nc2ccc(C(=O)O)cc2)cc(Cl)c1OC(C)C. The van der Waals surface area contributed by atoms with Crippen LogP contribution in [0.4, 0.5) is 5.69 Å². The third kappa shape index (κ3) is 4.89. The van der Waals surface area contributed by atoms with Gasteiger partial charge in [0.05, 0.1) is 23.3 Å². The predicted octanol–water partition coefficient (Wildman–Crippen LogP) is 4.48. The summed E-state index contributed by atoms with van der Waals surface area (Å²) in [5.41, 5.74) is 0.910. The first-order valence-electron chi connectivity index (χ1n) is 8.09. The summed E-state index contributed by atoms with van der Waals surface area (Å²) in [4.78, 5) is 23.4. The maximum Gasteiger partial charge on any atom is 0.335 e. The molecule has 26 heavy (non-hydrogen) atoms. The molecule has 0 unspecified atom stereocenters. The van der Waals surface area contributed by atoms with Crippen LogP contribution in [0, 0.1) is 0 Å². The maximum atomic E-state index is 12.5. The first-order chi connectivity index (χ1) is 12.3. The van der Waals surface area contributed by atoms with Crippen molar-refractivity contribution in [3.8, 4) is 11.5 Å². The van der Waals surface area contributed by atoms with Gasteiger partial charge in [-0.15, -0.1) is 0 Å². The first-order valence-corrected chi connectivity index (χ1v) is 8.47. The van der Waals surface area contributed by atoms with Gasteiger partial charge in [-0.2, -0.15) is 0 Å². The van der Waals surface area contributed by atoms with Gasteiger partial charge in [-0.3, -0.25) is 4.79 Å². The number of rotatable bonds is 7. The third-order valence-corrected chi connectivity index (χ3v) is 3.60. The fourth-order valence-electron chi connectivity index (χ4n) is 2.21. The summed E-state index contributed by atoms with van der Waals surface area (Å²) in [6.07, 6.45) is -0.0980. The third-order valence-electron chi connectivity index (χ3n) is 3.31. The lowest BCUT2D eigenvalue weighted by Crippen LogP contribution is -2.14. The number of amides is 1. The summed E-state index contributed by atoms with van der Waals surface area (Å²) in [6.45, 7) is 5.96. The Labute approximate surface area is 156 Å². The lowest BCUT2D eigenvalue weighted by atomic mass is 10.1. The van der Waals surface area contributed by atoms with Crippen molar-refractivity contribution in [2.75, 3.05) is 11.9 Å². The van der Waals surface area contributed by atoms with Crippen molar-refractivity contribution in [3.05, 3.63) is 52.5 Å². The summed E-state index contributed by atoms with van der Waals surface area (Å²) < 4.78 is 11.2. The molecule has 0 atom stereocenters. The van der Waals surface area contributed by atoms with E-state index in [0.717, 1.165) is 0 Å². The van der Waals surface area contributed by atoms with Crippen LogP contribution >= 0.6 is 11.6 Å². The monoisotopic (exact) mass is 377 g/mol. The van der Waals surface area contributed by atoms with Crippen molar-refractivity contribution < 1.29 is 24.2 Å². The summed E-state index contributed by atoms with van der Waals surface area (Å²) in [7, 11) is 0. The highest BCUT2D eigenvalue weighted by molar-refractivity contribution is 6.32. The van der Waals surface area contributed by atoms with Crippen LogP contribution in [0.15, 0.2) is 36.4 Å². The lowest BCUT2D eigenvalue weighted by molar-refractivity contribution is 0.0696. The topological polar surface area (TPSA) is 84.9 Å². The standard InChI is InChI=1S/C19H20ClNO5/c1-4-25-16-10-13(9-15(20)17(16)26-11(2)3)18(22)21-14-7-5-12(6-8-14)19(23)24/h5-11H,4H2,1-3H3,(H,21,22)(H,23,24). The van der Waals surface area contributed by atoms with Gasteiger partial charge in [-0.25, -0.2) is 4.79 Å². The number of hydrogen-bond donors (Lipinski definition) is 2. The zero-order chi connectivity index (χ0) is 19.3. The van der Waals surface area contributed by atoms with E-state index in [1.54, 1.807) is 6.07 Å². The normalized spacial score (nSPS) is 10.5. The molecule has 2 rings (SSSR count). The molecule has 0 aromatic heterocycles. The van der Waals surface area contributed by atoms with Gasteiger partial charge in [-0.1, -0.05) is 11.6 Å². The molecule has 0 aliphatic heterocycles. The first kappa shape index (κ1) is 19.6. The molecule has 2 N–H and O–H groups in total. The van der Waals surface area contributed by atoms with Gasteiger partial charge in [0.1, 0.15) is 0 Å². The second-order valence-corrected chi connectivity index (χ2v) is 6.13. The second kappa shape index (κ2) is 8.58. The second-order valence-electron chi connectivity index (χ2n) is 5.72. The Bertz CT molecular complexity index is 802. The molecule has 0 aliphatic rings. The molecule has 138 valence electrons. The van der Waals surface area contributed by atoms with Gasteiger partial charge in [0.2, 0.25) is 0 Å². The Hall–Kier alpha value is -2.73. The largest absolute Gasteiger partial charge is 0.490 e. The van der Waals surface area contributed by atoms with Crippen LogP contribution in [0.2, 0.25) is 5.02 Å². The molecule has 0 spiro atoms. The Kier molecular flexibility index (Phi) is 6.46. The van der Waals surface area contributed by atoms with E-state index in [0.29, 0.717) is 29.4 Å². The Balaban J connectivity index is 2.26. The highest BCUT2D eigenvalue weighted by Gasteiger charge is 2.17. The smallest absolute Gasteiger partial charge is 0.335 e. The number of carbonyl (C=O) groups excluding carboxylic acids is 1. The molecule has 0 saturated carbocycles. The molecule has 0 bridgehead atoms. The number of carboxylic acids is 1. The van der Waals surface area contributed by atoms with Crippen LogP contribution in [-0.2, 0) is 0 Å². The number of ether oxygens (including phenoxy) is 2. The van der Waals surface area contributed by atoms with Crippen molar-refractivity contribution in [2.45, 2.75) is 26.9 Å². The zero-order valence-electron chi connectivity index (χ0n) is 14.7. The molecule has 2 aromatic carbocycles. The van der Waals surface area contributed by atoms with Crippen molar-refractivity contribution in [1.82, 2.24) is 0 Å². The van der Waals surface area contributed by atoms with Crippen LogP contribution in [0.25, 0.3) is 0 Å². The Morgan fingerprint density at radius 2 is 1.81 bits per heavy atom. The van der Waals surface area contributed by atoms with Crippen molar-refractivity contribution in [2.24, 2.45) is 0 Å². The lowest BCUT2D eigenvalue weighted by Gasteiger charge is -2.17.